The van der Waals surface area contributed by atoms with E-state index in [1.54, 1.807) is 0 Å². The van der Waals surface area contributed by atoms with Gasteiger partial charge in [0, 0.05) is 13.1 Å². The van der Waals surface area contributed by atoms with E-state index in [0.29, 0.717) is 25.2 Å². The Kier molecular flexibility index (Phi) is 11.7. The Morgan fingerprint density at radius 3 is 2.51 bits per heavy atom. The molecule has 2 saturated heterocycles. The van der Waals surface area contributed by atoms with Crippen molar-refractivity contribution < 1.29 is 46.8 Å². The van der Waals surface area contributed by atoms with Crippen LogP contribution in [0.4, 0.5) is 9.59 Å². The van der Waals surface area contributed by atoms with Gasteiger partial charge in [0.2, 0.25) is 10.0 Å². The van der Waals surface area contributed by atoms with Gasteiger partial charge in [-0.2, -0.15) is 4.31 Å². The lowest BCUT2D eigenvalue weighted by atomic mass is 9.89. The monoisotopic (exact) mass is 649 g/mol. The third kappa shape index (κ3) is 9.53. The molecule has 0 bridgehead atoms. The summed E-state index contributed by atoms with van der Waals surface area (Å²) in [6.07, 6.45) is -2.70. The Morgan fingerprint density at radius 1 is 1.13 bits per heavy atom. The smallest absolute Gasteiger partial charge is 0.407 e. The third-order valence-electron chi connectivity index (χ3n) is 8.03. The van der Waals surface area contributed by atoms with E-state index in [9.17, 15) is 23.1 Å². The van der Waals surface area contributed by atoms with Crippen LogP contribution in [0, 0.1) is 11.3 Å². The number of sulfonamides is 1. The van der Waals surface area contributed by atoms with Crippen LogP contribution in [-0.2, 0) is 35.4 Å². The highest BCUT2D eigenvalue weighted by Gasteiger charge is 2.44. The highest BCUT2D eigenvalue weighted by molar-refractivity contribution is 7.89. The number of aliphatic hydroxyl groups excluding tert-OH is 1. The van der Waals surface area contributed by atoms with Crippen molar-refractivity contribution in [3.63, 3.8) is 0 Å². The minimum Gasteiger partial charge on any atom is -0.497 e. The fraction of sp³-hybridized carbons (Fsp3) is 0.548. The lowest BCUT2D eigenvalue weighted by molar-refractivity contribution is -0.0907. The molecule has 2 heterocycles. The SMILES string of the molecule is COc1ccc(S(=O)(=O)N(CC(O)C(Cc2ccccc2)NC(=O)OC2COC3OCCC23)CC(C)(C)CCOC(N)=O)cc1. The van der Waals surface area contributed by atoms with Crippen molar-refractivity contribution in [2.75, 3.05) is 40.0 Å². The molecule has 2 fully saturated rings. The molecule has 2 amide bonds. The lowest BCUT2D eigenvalue weighted by Crippen LogP contribution is -2.52. The molecule has 2 aromatic carbocycles. The van der Waals surface area contributed by atoms with E-state index in [1.165, 1.54) is 35.7 Å². The predicted octanol–water partition coefficient (Wildman–Crippen LogP) is 2.66. The van der Waals surface area contributed by atoms with Crippen LogP contribution in [0.3, 0.4) is 0 Å². The molecule has 2 aliphatic heterocycles. The van der Waals surface area contributed by atoms with Crippen molar-refractivity contribution in [1.82, 2.24) is 9.62 Å². The van der Waals surface area contributed by atoms with Gasteiger partial charge in [0.25, 0.3) is 0 Å². The van der Waals surface area contributed by atoms with Gasteiger partial charge in [-0.3, -0.25) is 0 Å². The molecule has 5 atom stereocenters. The molecular weight excluding hydrogens is 606 g/mol. The number of ether oxygens (including phenoxy) is 5. The first-order chi connectivity index (χ1) is 21.4. The summed E-state index contributed by atoms with van der Waals surface area (Å²) >= 11 is 0. The zero-order valence-corrected chi connectivity index (χ0v) is 26.6. The number of aliphatic hydroxyl groups is 1. The van der Waals surface area contributed by atoms with Gasteiger partial charge in [0.05, 0.1) is 49.9 Å². The zero-order chi connectivity index (χ0) is 32.6. The summed E-state index contributed by atoms with van der Waals surface area (Å²) in [4.78, 5) is 24.2. The predicted molar refractivity (Wildman–Crippen MR) is 163 cm³/mol. The summed E-state index contributed by atoms with van der Waals surface area (Å²) in [7, 11) is -2.67. The standard InChI is InChI=1S/C31H43N3O10S/c1-31(2,14-16-42-29(32)36)20-34(45(38,39)23-11-9-22(40-3)10-12-23)18-26(35)25(17-21-7-5-4-6-8-21)33-30(37)44-27-19-43-28-24(27)13-15-41-28/h4-12,24-28,35H,13-20H2,1-3H3,(H2,32,36)(H,33,37). The maximum Gasteiger partial charge on any atom is 0.407 e. The molecule has 13 nitrogen and oxygen atoms in total. The number of fused-ring (bicyclic) bond motifs is 1. The second kappa shape index (κ2) is 15.2. The first-order valence-electron chi connectivity index (χ1n) is 14.9. The van der Waals surface area contributed by atoms with Crippen LogP contribution < -0.4 is 15.8 Å². The van der Waals surface area contributed by atoms with Gasteiger partial charge in [-0.05, 0) is 54.5 Å². The fourth-order valence-electron chi connectivity index (χ4n) is 5.49. The van der Waals surface area contributed by atoms with Crippen LogP contribution in [0.1, 0.15) is 32.3 Å². The summed E-state index contributed by atoms with van der Waals surface area (Å²) in [6.45, 7) is 3.97. The average molecular weight is 650 g/mol. The molecule has 0 spiro atoms. The van der Waals surface area contributed by atoms with Crippen molar-refractivity contribution in [2.45, 2.75) is 62.5 Å². The van der Waals surface area contributed by atoms with Crippen LogP contribution in [-0.4, -0.2) is 94.6 Å². The zero-order valence-electron chi connectivity index (χ0n) is 25.8. The molecule has 14 heteroatoms. The molecule has 0 saturated carbocycles. The van der Waals surface area contributed by atoms with Gasteiger partial charge in [0.15, 0.2) is 6.29 Å². The molecule has 248 valence electrons. The molecule has 45 heavy (non-hydrogen) atoms. The number of alkyl carbamates (subject to hydrolysis) is 1. The molecule has 2 aromatic rings. The number of carbonyl (C=O) groups is 2. The Bertz CT molecular complexity index is 1370. The highest BCUT2D eigenvalue weighted by atomic mass is 32.2. The van der Waals surface area contributed by atoms with Crippen molar-refractivity contribution in [3.05, 3.63) is 60.2 Å². The molecule has 0 aliphatic carbocycles. The Morgan fingerprint density at radius 2 is 1.84 bits per heavy atom. The summed E-state index contributed by atoms with van der Waals surface area (Å²) in [6, 6.07) is 14.3. The van der Waals surface area contributed by atoms with Crippen LogP contribution >= 0.6 is 0 Å². The van der Waals surface area contributed by atoms with Crippen LogP contribution in [0.2, 0.25) is 0 Å². The number of hydrogen-bond acceptors (Lipinski definition) is 10. The number of rotatable bonds is 15. The first-order valence-corrected chi connectivity index (χ1v) is 16.3. The number of hydrogen-bond donors (Lipinski definition) is 3. The Balaban J connectivity index is 1.56. The van der Waals surface area contributed by atoms with Gasteiger partial charge in [0.1, 0.15) is 11.9 Å². The summed E-state index contributed by atoms with van der Waals surface area (Å²) < 4.78 is 56.0. The van der Waals surface area contributed by atoms with Crippen LogP contribution in [0.25, 0.3) is 0 Å². The molecule has 4 rings (SSSR count). The second-order valence-corrected chi connectivity index (χ2v) is 14.0. The Labute approximate surface area is 264 Å². The number of carbonyl (C=O) groups excluding carboxylic acids is 2. The van der Waals surface area contributed by atoms with Gasteiger partial charge in [-0.1, -0.05) is 44.2 Å². The topological polar surface area (TPSA) is 176 Å². The summed E-state index contributed by atoms with van der Waals surface area (Å²) in [5.74, 6) is 0.414. The number of amides is 2. The minimum atomic E-state index is -4.15. The number of nitrogens with one attached hydrogen (secondary N) is 1. The first kappa shape index (κ1) is 34.4. The van der Waals surface area contributed by atoms with E-state index < -0.39 is 52.2 Å². The number of primary amides is 1. The quantitative estimate of drug-likeness (QED) is 0.260. The van der Waals surface area contributed by atoms with Gasteiger partial charge in [-0.25, -0.2) is 18.0 Å². The minimum absolute atomic E-state index is 0.00114. The van der Waals surface area contributed by atoms with Crippen molar-refractivity contribution in [2.24, 2.45) is 17.1 Å². The number of nitrogens with zero attached hydrogens (tertiary/aromatic N) is 1. The molecule has 2 aliphatic rings. The Hall–Kier alpha value is -3.43. The van der Waals surface area contributed by atoms with Crippen molar-refractivity contribution in [3.8, 4) is 5.75 Å². The van der Waals surface area contributed by atoms with E-state index >= 15 is 0 Å². The number of methoxy groups -OCH3 is 1. The van der Waals surface area contributed by atoms with Crippen molar-refractivity contribution >= 4 is 22.2 Å². The number of nitrogens with two attached hydrogens (primary N) is 1. The van der Waals surface area contributed by atoms with Gasteiger partial charge in [-0.15, -0.1) is 0 Å². The van der Waals surface area contributed by atoms with Crippen LogP contribution in [0.15, 0.2) is 59.5 Å². The molecule has 0 radical (unpaired) electrons. The number of benzene rings is 2. The fourth-order valence-corrected chi connectivity index (χ4v) is 7.13. The maximum atomic E-state index is 14.0. The lowest BCUT2D eigenvalue weighted by Gasteiger charge is -2.35. The highest BCUT2D eigenvalue weighted by Crippen LogP contribution is 2.33. The van der Waals surface area contributed by atoms with E-state index in [1.807, 2.05) is 44.2 Å². The third-order valence-corrected chi connectivity index (χ3v) is 9.85. The van der Waals surface area contributed by atoms with Crippen LogP contribution in [0.5, 0.6) is 5.75 Å². The molecular formula is C31H43N3O10S. The second-order valence-electron chi connectivity index (χ2n) is 12.0. The summed E-state index contributed by atoms with van der Waals surface area (Å²) in [5, 5.41) is 14.4. The summed E-state index contributed by atoms with van der Waals surface area (Å²) in [5.41, 5.74) is 5.23. The molecule has 5 unspecified atom stereocenters. The van der Waals surface area contributed by atoms with E-state index in [-0.39, 0.29) is 43.5 Å². The van der Waals surface area contributed by atoms with E-state index in [4.69, 9.17) is 29.4 Å². The van der Waals surface area contributed by atoms with E-state index in [0.717, 1.165) is 5.56 Å². The normalized spacial score (nSPS) is 21.1. The van der Waals surface area contributed by atoms with Gasteiger partial charge < -0.3 is 39.8 Å². The van der Waals surface area contributed by atoms with E-state index in [2.05, 4.69) is 5.32 Å². The van der Waals surface area contributed by atoms with Crippen molar-refractivity contribution in [1.29, 1.82) is 0 Å². The maximum absolute atomic E-state index is 14.0. The average Bonchev–Trinajstić information content (AvgIpc) is 3.62. The van der Waals surface area contributed by atoms with Gasteiger partial charge >= 0.3 is 12.2 Å². The molecule has 0 aromatic heterocycles. The molecule has 4 N–H and O–H groups in total. The largest absolute Gasteiger partial charge is 0.497 e.